The van der Waals surface area contributed by atoms with Gasteiger partial charge in [-0.2, -0.15) is 0 Å². The van der Waals surface area contributed by atoms with Crippen molar-refractivity contribution in [2.24, 2.45) is 60.8 Å². The Bertz CT molecular complexity index is 3180. The normalized spacial score (nSPS) is 12.0. The van der Waals surface area contributed by atoms with Crippen molar-refractivity contribution in [3.63, 3.8) is 0 Å². The zero-order valence-corrected chi connectivity index (χ0v) is 48.3. The lowest BCUT2D eigenvalue weighted by Crippen LogP contribution is -2.45. The Hall–Kier alpha value is -10.5. The number of methoxy groups -OCH3 is 4. The molecule has 8 amide bonds. The minimum absolute atomic E-state index is 0.00231. The molecule has 4 atom stereocenters. The largest absolute Gasteiger partial charge is 0.496 e. The highest BCUT2D eigenvalue weighted by Gasteiger charge is 2.29. The molecule has 0 aliphatic heterocycles. The first kappa shape index (κ1) is 69.0. The van der Waals surface area contributed by atoms with Gasteiger partial charge in [0.05, 0.1) is 56.7 Å². The third kappa shape index (κ3) is 22.2. The number of nitrogens with two attached hydrogens (primary N) is 8. The first-order valence-corrected chi connectivity index (χ1v) is 26.8. The molecule has 0 radical (unpaired) electrons. The molecule has 0 saturated heterocycles. The number of amides is 8. The number of guanidine groups is 3. The summed E-state index contributed by atoms with van der Waals surface area (Å²) in [5.41, 5.74) is 44.3. The fraction of sp³-hybridized carbons (Fsp3) is 0.364. The summed E-state index contributed by atoms with van der Waals surface area (Å²) in [5, 5.41) is 37.9. The van der Waals surface area contributed by atoms with Gasteiger partial charge in [-0.3, -0.25) is 53.3 Å². The molecule has 0 bridgehead atoms. The van der Waals surface area contributed by atoms with E-state index in [0.717, 1.165) is 0 Å². The van der Waals surface area contributed by atoms with E-state index in [9.17, 15) is 48.6 Å². The molecule has 4 aromatic carbocycles. The van der Waals surface area contributed by atoms with E-state index < -0.39 is 77.7 Å². The van der Waals surface area contributed by atoms with Crippen LogP contribution < -0.4 is 102 Å². The second-order valence-electron chi connectivity index (χ2n) is 19.1. The number of aliphatic hydroxyl groups excluding tert-OH is 1. The number of carbonyl (C=O) groups excluding carboxylic acids is 8. The molecule has 0 fully saturated rings. The SMILES string of the molecule is COc1ccc(NC(=O)[C@H](CCC(O)O)NC(=O)c2cc(NC(=O)[C@H](CCCN=C(N)N)NC(=O)c3cc(NC(=O)[C@H](CCCN=C(N)N)NC(=O)c4cc(NC(=O)[C@@H](N)CCCN=C(N)N)ccc4OC)ccc3OC)ccc2OC)cc1C(N)=O. The van der Waals surface area contributed by atoms with Gasteiger partial charge >= 0.3 is 0 Å². The van der Waals surface area contributed by atoms with Crippen LogP contribution in [0.5, 0.6) is 23.0 Å². The lowest BCUT2D eigenvalue weighted by Gasteiger charge is -2.22. The van der Waals surface area contributed by atoms with E-state index in [4.69, 9.17) is 64.8 Å². The lowest BCUT2D eigenvalue weighted by atomic mass is 10.1. The van der Waals surface area contributed by atoms with E-state index in [1.165, 1.54) is 101 Å². The first-order chi connectivity index (χ1) is 41.4. The van der Waals surface area contributed by atoms with E-state index in [2.05, 4.69) is 52.2 Å². The van der Waals surface area contributed by atoms with Crippen molar-refractivity contribution in [1.82, 2.24) is 16.0 Å². The van der Waals surface area contributed by atoms with Gasteiger partial charge in [0, 0.05) is 48.8 Å². The highest BCUT2D eigenvalue weighted by atomic mass is 16.5. The first-order valence-electron chi connectivity index (χ1n) is 26.8. The fourth-order valence-electron chi connectivity index (χ4n) is 8.28. The zero-order valence-electron chi connectivity index (χ0n) is 48.3. The van der Waals surface area contributed by atoms with E-state index in [0.29, 0.717) is 6.42 Å². The van der Waals surface area contributed by atoms with Gasteiger partial charge in [0.15, 0.2) is 24.2 Å². The summed E-state index contributed by atoms with van der Waals surface area (Å²) < 4.78 is 21.5. The number of anilines is 4. The molecular formula is C55H76N18O14. The number of aliphatic hydroxyl groups is 2. The molecule has 4 aromatic rings. The molecule has 32 heteroatoms. The van der Waals surface area contributed by atoms with Crippen molar-refractivity contribution in [3.8, 4) is 23.0 Å². The molecule has 0 unspecified atom stereocenters. The van der Waals surface area contributed by atoms with Crippen LogP contribution in [0.4, 0.5) is 22.7 Å². The molecule has 87 heavy (non-hydrogen) atoms. The summed E-state index contributed by atoms with van der Waals surface area (Å²) >= 11 is 0. The Balaban J connectivity index is 1.59. The van der Waals surface area contributed by atoms with Gasteiger partial charge in [0.1, 0.15) is 41.1 Å². The average Bonchev–Trinajstić information content (AvgIpc) is 3.25. The van der Waals surface area contributed by atoms with Crippen molar-refractivity contribution in [2.75, 3.05) is 69.3 Å². The summed E-state index contributed by atoms with van der Waals surface area (Å²) in [6, 6.07) is 11.4. The number of hydrogen-bond acceptors (Lipinski definition) is 18. The molecule has 0 aromatic heterocycles. The van der Waals surface area contributed by atoms with Gasteiger partial charge in [-0.05, 0) is 118 Å². The van der Waals surface area contributed by atoms with Crippen LogP contribution in [0.1, 0.15) is 92.8 Å². The van der Waals surface area contributed by atoms with Crippen molar-refractivity contribution in [1.29, 1.82) is 0 Å². The molecule has 25 N–H and O–H groups in total. The molecule has 0 saturated carbocycles. The van der Waals surface area contributed by atoms with Crippen LogP contribution in [0.25, 0.3) is 0 Å². The third-order valence-electron chi connectivity index (χ3n) is 12.6. The number of benzene rings is 4. The molecule has 0 aliphatic rings. The van der Waals surface area contributed by atoms with Gasteiger partial charge in [-0.1, -0.05) is 0 Å². The highest BCUT2D eigenvalue weighted by Crippen LogP contribution is 2.28. The second kappa shape index (κ2) is 34.3. The van der Waals surface area contributed by atoms with Crippen LogP contribution >= 0.6 is 0 Å². The van der Waals surface area contributed by atoms with Crippen molar-refractivity contribution < 1.29 is 67.5 Å². The van der Waals surface area contributed by atoms with Crippen LogP contribution in [0, 0.1) is 0 Å². The monoisotopic (exact) mass is 1210 g/mol. The minimum atomic E-state index is -1.86. The maximum absolute atomic E-state index is 14.3. The van der Waals surface area contributed by atoms with Gasteiger partial charge in [0.2, 0.25) is 23.6 Å². The number of carbonyl (C=O) groups is 8. The molecule has 0 heterocycles. The van der Waals surface area contributed by atoms with Crippen LogP contribution in [0.2, 0.25) is 0 Å². The summed E-state index contributed by atoms with van der Waals surface area (Å²) in [5.74, 6) is -6.56. The van der Waals surface area contributed by atoms with Crippen LogP contribution in [0.3, 0.4) is 0 Å². The number of aliphatic imine (C=N–C) groups is 3. The summed E-state index contributed by atoms with van der Waals surface area (Å²) in [6.07, 6.45) is -1.55. The smallest absolute Gasteiger partial charge is 0.255 e. The maximum Gasteiger partial charge on any atom is 0.255 e. The Labute approximate surface area is 500 Å². The molecule has 4 rings (SSSR count). The Morgan fingerprint density at radius 3 is 1.00 bits per heavy atom. The summed E-state index contributed by atoms with van der Waals surface area (Å²) in [4.78, 5) is 121. The molecule has 0 spiro atoms. The van der Waals surface area contributed by atoms with Crippen molar-refractivity contribution >= 4 is 87.9 Å². The van der Waals surface area contributed by atoms with Crippen LogP contribution in [-0.2, 0) is 19.2 Å². The van der Waals surface area contributed by atoms with E-state index >= 15 is 0 Å². The van der Waals surface area contributed by atoms with Crippen LogP contribution in [0.15, 0.2) is 87.8 Å². The van der Waals surface area contributed by atoms with Crippen molar-refractivity contribution in [3.05, 3.63) is 95.1 Å². The number of nitrogens with one attached hydrogen (secondary N) is 7. The van der Waals surface area contributed by atoms with Gasteiger partial charge in [-0.15, -0.1) is 0 Å². The minimum Gasteiger partial charge on any atom is -0.496 e. The van der Waals surface area contributed by atoms with Gasteiger partial charge < -0.3 is 112 Å². The molecule has 32 nitrogen and oxygen atoms in total. The number of hydrogen-bond donors (Lipinski definition) is 17. The van der Waals surface area contributed by atoms with E-state index in [-0.39, 0.29) is 150 Å². The summed E-state index contributed by atoms with van der Waals surface area (Å²) in [6.45, 7) is 0.384. The fourth-order valence-corrected chi connectivity index (χ4v) is 8.28. The van der Waals surface area contributed by atoms with E-state index in [1.54, 1.807) is 0 Å². The standard InChI is InChI=1S/C55H76N18O14/c1-84-40-16-11-28(24-32(40)45(57)76)68-52(83)39(15-20-44(74)75)73-48(79)35-27-31(14-19-43(35)87-4)70-51(82)38(10-7-23-66-55(62)63)72-47(78)34-26-30(13-18-42(34)86-3)69-50(81)37(9-6-22-65-54(60)61)71-46(77)33-25-29(12-17-41(33)85-2)67-49(80)36(56)8-5-21-64-53(58)59/h11-14,16-19,24-27,36-39,44,74-75H,5-10,15,20-23,56H2,1-4H3,(H2,57,76)(H,67,80)(H,68,83)(H,69,81)(H,70,82)(H,71,77)(H,72,78)(H,73,79)(H4,58,59,64)(H4,60,61,65)(H4,62,63,66)/t36-,37-,38-,39-/m0/s1. The number of primary amides is 1. The van der Waals surface area contributed by atoms with E-state index in [1.807, 2.05) is 0 Å². The Morgan fingerprint density at radius 1 is 0.414 bits per heavy atom. The Morgan fingerprint density at radius 2 is 0.701 bits per heavy atom. The topological polar surface area (TPSA) is 543 Å². The number of nitrogens with zero attached hydrogens (tertiary/aromatic N) is 3. The number of ether oxygens (including phenoxy) is 4. The van der Waals surface area contributed by atoms with Crippen LogP contribution in [-0.4, -0.2) is 154 Å². The predicted molar refractivity (Wildman–Crippen MR) is 324 cm³/mol. The summed E-state index contributed by atoms with van der Waals surface area (Å²) in [7, 11) is 5.20. The maximum atomic E-state index is 14.3. The van der Waals surface area contributed by atoms with Gasteiger partial charge in [0.25, 0.3) is 23.6 Å². The molecular weight excluding hydrogens is 1140 g/mol. The second-order valence-corrected chi connectivity index (χ2v) is 19.1. The van der Waals surface area contributed by atoms with Crippen molar-refractivity contribution in [2.45, 2.75) is 81.8 Å². The molecule has 0 aliphatic carbocycles. The quantitative estimate of drug-likeness (QED) is 0.0110. The number of rotatable bonds is 34. The molecule has 470 valence electrons. The predicted octanol–water partition coefficient (Wildman–Crippen LogP) is -1.45. The Kier molecular flexibility index (Phi) is 27.2. The lowest BCUT2D eigenvalue weighted by molar-refractivity contribution is -0.119. The third-order valence-corrected chi connectivity index (χ3v) is 12.6. The van der Waals surface area contributed by atoms with Gasteiger partial charge in [-0.25, -0.2) is 0 Å². The highest BCUT2D eigenvalue weighted by molar-refractivity contribution is 6.07. The average molecular weight is 1210 g/mol. The zero-order chi connectivity index (χ0) is 64.3.